The minimum atomic E-state index is 1.09. The fourth-order valence-corrected chi connectivity index (χ4v) is 1.89. The number of rotatable bonds is 1. The number of allylic oxidation sites excluding steroid dienone is 2. The zero-order valence-corrected chi connectivity index (χ0v) is 7.99. The summed E-state index contributed by atoms with van der Waals surface area (Å²) in [6.07, 6.45) is 10.7. The molecule has 0 unspecified atom stereocenters. The van der Waals surface area contributed by atoms with Gasteiger partial charge in [-0.05, 0) is 25.7 Å². The molecule has 0 aliphatic heterocycles. The van der Waals surface area contributed by atoms with Crippen LogP contribution in [0.25, 0.3) is 0 Å². The SMILES string of the molecule is BrCC1=CCCCCCC1. The van der Waals surface area contributed by atoms with Crippen LogP contribution < -0.4 is 0 Å². The summed E-state index contributed by atoms with van der Waals surface area (Å²) in [7, 11) is 0. The Balaban J connectivity index is 2.35. The fraction of sp³-hybridized carbons (Fsp3) is 0.778. The zero-order chi connectivity index (χ0) is 7.23. The average molecular weight is 203 g/mol. The van der Waals surface area contributed by atoms with E-state index in [4.69, 9.17) is 0 Å². The normalized spacial score (nSPS) is 21.1. The van der Waals surface area contributed by atoms with Crippen molar-refractivity contribution >= 4 is 15.9 Å². The molecule has 58 valence electrons. The molecule has 10 heavy (non-hydrogen) atoms. The average Bonchev–Trinajstić information content (AvgIpc) is 1.87. The third-order valence-electron chi connectivity index (χ3n) is 2.06. The van der Waals surface area contributed by atoms with Crippen LogP contribution in [0.2, 0.25) is 0 Å². The molecular formula is C9H15Br. The van der Waals surface area contributed by atoms with Gasteiger partial charge in [0.25, 0.3) is 0 Å². The van der Waals surface area contributed by atoms with Crippen molar-refractivity contribution in [1.29, 1.82) is 0 Å². The van der Waals surface area contributed by atoms with Crippen molar-refractivity contribution in [2.24, 2.45) is 0 Å². The highest BCUT2D eigenvalue weighted by Gasteiger charge is 1.99. The lowest BCUT2D eigenvalue weighted by atomic mass is 10.0. The first-order chi connectivity index (χ1) is 4.93. The van der Waals surface area contributed by atoms with Gasteiger partial charge in [-0.1, -0.05) is 40.4 Å². The Morgan fingerprint density at radius 2 is 2.00 bits per heavy atom. The molecule has 1 rings (SSSR count). The van der Waals surface area contributed by atoms with Gasteiger partial charge in [0, 0.05) is 5.33 Å². The molecule has 0 saturated heterocycles. The van der Waals surface area contributed by atoms with Gasteiger partial charge in [-0.3, -0.25) is 0 Å². The van der Waals surface area contributed by atoms with E-state index in [-0.39, 0.29) is 0 Å². The first-order valence-electron chi connectivity index (χ1n) is 4.17. The van der Waals surface area contributed by atoms with E-state index in [0.29, 0.717) is 0 Å². The molecule has 0 heterocycles. The summed E-state index contributed by atoms with van der Waals surface area (Å²) in [5.74, 6) is 0. The second kappa shape index (κ2) is 4.95. The molecule has 0 amide bonds. The maximum absolute atomic E-state index is 3.50. The Morgan fingerprint density at radius 1 is 1.20 bits per heavy atom. The molecule has 0 atom stereocenters. The molecule has 0 spiro atoms. The Morgan fingerprint density at radius 3 is 2.80 bits per heavy atom. The first-order valence-corrected chi connectivity index (χ1v) is 5.29. The van der Waals surface area contributed by atoms with E-state index in [1.165, 1.54) is 38.5 Å². The number of halogens is 1. The summed E-state index contributed by atoms with van der Waals surface area (Å²) >= 11 is 3.50. The van der Waals surface area contributed by atoms with Crippen LogP contribution in [0.3, 0.4) is 0 Å². The zero-order valence-electron chi connectivity index (χ0n) is 6.41. The summed E-state index contributed by atoms with van der Waals surface area (Å²) in [5.41, 5.74) is 1.61. The van der Waals surface area contributed by atoms with E-state index in [9.17, 15) is 0 Å². The number of hydrogen-bond donors (Lipinski definition) is 0. The molecular weight excluding hydrogens is 188 g/mol. The van der Waals surface area contributed by atoms with Crippen LogP contribution in [0.15, 0.2) is 11.6 Å². The van der Waals surface area contributed by atoms with Gasteiger partial charge in [-0.25, -0.2) is 0 Å². The standard InChI is InChI=1S/C9H15Br/c10-8-9-6-4-2-1-3-5-7-9/h6H,1-5,7-8H2. The highest BCUT2D eigenvalue weighted by molar-refractivity contribution is 9.09. The molecule has 0 aromatic heterocycles. The molecule has 0 N–H and O–H groups in total. The largest absolute Gasteiger partial charge is 0.0880 e. The highest BCUT2D eigenvalue weighted by atomic mass is 79.9. The fourth-order valence-electron chi connectivity index (χ4n) is 1.38. The van der Waals surface area contributed by atoms with Crippen molar-refractivity contribution in [1.82, 2.24) is 0 Å². The van der Waals surface area contributed by atoms with Gasteiger partial charge in [-0.2, -0.15) is 0 Å². The van der Waals surface area contributed by atoms with E-state index < -0.39 is 0 Å². The lowest BCUT2D eigenvalue weighted by molar-refractivity contribution is 0.626. The van der Waals surface area contributed by atoms with Gasteiger partial charge < -0.3 is 0 Å². The molecule has 0 bridgehead atoms. The summed E-state index contributed by atoms with van der Waals surface area (Å²) in [6.45, 7) is 0. The Kier molecular flexibility index (Phi) is 4.12. The predicted molar refractivity (Wildman–Crippen MR) is 49.6 cm³/mol. The topological polar surface area (TPSA) is 0 Å². The van der Waals surface area contributed by atoms with Gasteiger partial charge in [0.2, 0.25) is 0 Å². The molecule has 1 aliphatic carbocycles. The van der Waals surface area contributed by atoms with Crippen molar-refractivity contribution in [3.8, 4) is 0 Å². The van der Waals surface area contributed by atoms with Crippen molar-refractivity contribution < 1.29 is 0 Å². The van der Waals surface area contributed by atoms with Crippen molar-refractivity contribution in [2.75, 3.05) is 5.33 Å². The van der Waals surface area contributed by atoms with E-state index in [1.54, 1.807) is 5.57 Å². The van der Waals surface area contributed by atoms with Crippen LogP contribution in [0, 0.1) is 0 Å². The molecule has 0 aromatic carbocycles. The van der Waals surface area contributed by atoms with Crippen molar-refractivity contribution in [2.45, 2.75) is 38.5 Å². The minimum Gasteiger partial charge on any atom is -0.0880 e. The Bertz CT molecular complexity index is 116. The van der Waals surface area contributed by atoms with E-state index in [2.05, 4.69) is 22.0 Å². The van der Waals surface area contributed by atoms with Crippen LogP contribution in [-0.2, 0) is 0 Å². The summed E-state index contributed by atoms with van der Waals surface area (Å²) in [5, 5.41) is 1.09. The van der Waals surface area contributed by atoms with Crippen LogP contribution in [0.5, 0.6) is 0 Å². The quantitative estimate of drug-likeness (QED) is 0.450. The maximum atomic E-state index is 3.50. The molecule has 1 heteroatoms. The summed E-state index contributed by atoms with van der Waals surface area (Å²) < 4.78 is 0. The predicted octanol–water partition coefficient (Wildman–Crippen LogP) is 3.66. The second-order valence-electron chi connectivity index (χ2n) is 2.95. The van der Waals surface area contributed by atoms with Crippen LogP contribution in [0.4, 0.5) is 0 Å². The Hall–Kier alpha value is 0.220. The molecule has 0 fully saturated rings. The van der Waals surface area contributed by atoms with Gasteiger partial charge in [-0.15, -0.1) is 0 Å². The van der Waals surface area contributed by atoms with Gasteiger partial charge in [0.15, 0.2) is 0 Å². The molecule has 1 aliphatic rings. The van der Waals surface area contributed by atoms with E-state index in [1.807, 2.05) is 0 Å². The van der Waals surface area contributed by atoms with Gasteiger partial charge >= 0.3 is 0 Å². The Labute approximate surface area is 71.8 Å². The van der Waals surface area contributed by atoms with Crippen LogP contribution in [0.1, 0.15) is 38.5 Å². The van der Waals surface area contributed by atoms with Gasteiger partial charge in [0.05, 0.1) is 0 Å². The maximum Gasteiger partial charge on any atom is 0.0241 e. The molecule has 0 nitrogen and oxygen atoms in total. The molecule has 0 saturated carbocycles. The minimum absolute atomic E-state index is 1.09. The molecule has 0 radical (unpaired) electrons. The summed E-state index contributed by atoms with van der Waals surface area (Å²) in [4.78, 5) is 0. The number of hydrogen-bond acceptors (Lipinski definition) is 0. The third kappa shape index (κ3) is 2.87. The number of alkyl halides is 1. The van der Waals surface area contributed by atoms with Crippen molar-refractivity contribution in [3.63, 3.8) is 0 Å². The highest BCUT2D eigenvalue weighted by Crippen LogP contribution is 2.17. The first kappa shape index (κ1) is 8.32. The van der Waals surface area contributed by atoms with E-state index in [0.717, 1.165) is 5.33 Å². The summed E-state index contributed by atoms with van der Waals surface area (Å²) in [6, 6.07) is 0. The smallest absolute Gasteiger partial charge is 0.0241 e. The van der Waals surface area contributed by atoms with Crippen LogP contribution >= 0.6 is 15.9 Å². The van der Waals surface area contributed by atoms with E-state index >= 15 is 0 Å². The monoisotopic (exact) mass is 202 g/mol. The van der Waals surface area contributed by atoms with Crippen LogP contribution in [-0.4, -0.2) is 5.33 Å². The van der Waals surface area contributed by atoms with Gasteiger partial charge in [0.1, 0.15) is 0 Å². The lowest BCUT2D eigenvalue weighted by Crippen LogP contribution is -1.90. The second-order valence-corrected chi connectivity index (χ2v) is 3.51. The van der Waals surface area contributed by atoms with Crippen molar-refractivity contribution in [3.05, 3.63) is 11.6 Å². The lowest BCUT2D eigenvalue weighted by Gasteiger charge is -2.07. The molecule has 0 aromatic rings. The third-order valence-corrected chi connectivity index (χ3v) is 2.78.